The molecule has 146 valence electrons. The normalized spacial score (nSPS) is 21.5. The summed E-state index contributed by atoms with van der Waals surface area (Å²) in [5, 5.41) is 0. The second kappa shape index (κ2) is 9.71. The van der Waals surface area contributed by atoms with Crippen LogP contribution in [-0.2, 0) is 9.47 Å². The summed E-state index contributed by atoms with van der Waals surface area (Å²) >= 11 is 0. The van der Waals surface area contributed by atoms with Gasteiger partial charge in [0, 0.05) is 65.4 Å². The molecule has 0 radical (unpaired) electrons. The van der Waals surface area contributed by atoms with Gasteiger partial charge >= 0.3 is 6.09 Å². The lowest BCUT2D eigenvalue weighted by molar-refractivity contribution is 0.0107. The van der Waals surface area contributed by atoms with Crippen molar-refractivity contribution in [2.45, 2.75) is 26.4 Å². The highest BCUT2D eigenvalue weighted by Gasteiger charge is 2.25. The zero-order valence-corrected chi connectivity index (χ0v) is 16.5. The molecule has 2 saturated heterocycles. The minimum Gasteiger partial charge on any atom is -0.444 e. The molecule has 0 aromatic heterocycles. The molecule has 0 unspecified atom stereocenters. The maximum atomic E-state index is 12.0. The minimum absolute atomic E-state index is 0.199. The Bertz CT molecular complexity index is 398. The molecular formula is C18H36N4O3. The van der Waals surface area contributed by atoms with Gasteiger partial charge in [0.2, 0.25) is 0 Å². The van der Waals surface area contributed by atoms with E-state index in [9.17, 15) is 4.79 Å². The summed E-state index contributed by atoms with van der Waals surface area (Å²) in [5.41, 5.74) is -0.425. The maximum Gasteiger partial charge on any atom is 0.410 e. The number of hydrogen-bond donors (Lipinski definition) is 0. The second-order valence-electron chi connectivity index (χ2n) is 8.07. The second-order valence-corrected chi connectivity index (χ2v) is 8.07. The van der Waals surface area contributed by atoms with Crippen LogP contribution in [0.5, 0.6) is 0 Å². The molecule has 7 nitrogen and oxygen atoms in total. The van der Waals surface area contributed by atoms with Crippen LogP contribution in [0.1, 0.15) is 20.8 Å². The van der Waals surface area contributed by atoms with Crippen molar-refractivity contribution in [2.75, 3.05) is 85.7 Å². The van der Waals surface area contributed by atoms with Gasteiger partial charge < -0.3 is 19.3 Å². The topological polar surface area (TPSA) is 48.5 Å². The van der Waals surface area contributed by atoms with E-state index in [2.05, 4.69) is 21.7 Å². The van der Waals surface area contributed by atoms with Gasteiger partial charge in [-0.25, -0.2) is 4.79 Å². The smallest absolute Gasteiger partial charge is 0.410 e. The lowest BCUT2D eigenvalue weighted by Crippen LogP contribution is -2.50. The van der Waals surface area contributed by atoms with E-state index in [-0.39, 0.29) is 6.09 Å². The minimum atomic E-state index is -0.425. The number of amides is 1. The van der Waals surface area contributed by atoms with E-state index in [1.54, 1.807) is 4.90 Å². The molecule has 0 aromatic carbocycles. The molecule has 0 saturated carbocycles. The highest BCUT2D eigenvalue weighted by Crippen LogP contribution is 2.11. The predicted molar refractivity (Wildman–Crippen MR) is 99.0 cm³/mol. The zero-order valence-electron chi connectivity index (χ0n) is 16.5. The molecule has 25 heavy (non-hydrogen) atoms. The molecule has 2 heterocycles. The molecule has 0 aromatic rings. The Morgan fingerprint density at radius 1 is 0.840 bits per heavy atom. The molecule has 0 aliphatic carbocycles. The van der Waals surface area contributed by atoms with Crippen LogP contribution in [0.25, 0.3) is 0 Å². The highest BCUT2D eigenvalue weighted by molar-refractivity contribution is 5.68. The van der Waals surface area contributed by atoms with E-state index in [0.717, 1.165) is 78.7 Å². The molecule has 1 amide bonds. The number of nitrogens with zero attached hydrogens (tertiary/aromatic N) is 4. The summed E-state index contributed by atoms with van der Waals surface area (Å²) in [6.07, 6.45) is -0.199. The Morgan fingerprint density at radius 3 is 1.80 bits per heavy atom. The number of carbonyl (C=O) groups is 1. The van der Waals surface area contributed by atoms with Gasteiger partial charge in [-0.2, -0.15) is 0 Å². The lowest BCUT2D eigenvalue weighted by Gasteiger charge is -2.35. The van der Waals surface area contributed by atoms with Gasteiger partial charge in [0.25, 0.3) is 0 Å². The van der Waals surface area contributed by atoms with Gasteiger partial charge in [0.15, 0.2) is 0 Å². The van der Waals surface area contributed by atoms with Crippen LogP contribution in [0.4, 0.5) is 4.79 Å². The van der Waals surface area contributed by atoms with Crippen LogP contribution in [0, 0.1) is 0 Å². The third-order valence-electron chi connectivity index (χ3n) is 4.72. The van der Waals surface area contributed by atoms with Gasteiger partial charge in [0.05, 0.1) is 13.2 Å². The first kappa shape index (κ1) is 20.4. The maximum absolute atomic E-state index is 12.0. The summed E-state index contributed by atoms with van der Waals surface area (Å²) in [6.45, 7) is 17.1. The van der Waals surface area contributed by atoms with Crippen LogP contribution in [0.15, 0.2) is 0 Å². The van der Waals surface area contributed by atoms with Crippen molar-refractivity contribution in [3.05, 3.63) is 0 Å². The monoisotopic (exact) mass is 356 g/mol. The number of rotatable bonds is 6. The Morgan fingerprint density at radius 2 is 1.32 bits per heavy atom. The van der Waals surface area contributed by atoms with Crippen molar-refractivity contribution in [1.82, 2.24) is 19.6 Å². The molecule has 0 atom stereocenters. The standard InChI is InChI=1S/C18H36N4O3/c1-18(2,3)25-17(23)22-11-9-21(10-12-22)14-16-24-15-13-20-7-5-19(4)6-8-20/h5-16H2,1-4H3. The van der Waals surface area contributed by atoms with Gasteiger partial charge in [-0.15, -0.1) is 0 Å². The quantitative estimate of drug-likeness (QED) is 0.656. The van der Waals surface area contributed by atoms with E-state index < -0.39 is 5.60 Å². The Hall–Kier alpha value is -0.890. The number of hydrogen-bond acceptors (Lipinski definition) is 6. The summed E-state index contributed by atoms with van der Waals surface area (Å²) in [6, 6.07) is 0. The third-order valence-corrected chi connectivity index (χ3v) is 4.72. The van der Waals surface area contributed by atoms with Crippen molar-refractivity contribution in [3.63, 3.8) is 0 Å². The zero-order chi connectivity index (χ0) is 18.3. The van der Waals surface area contributed by atoms with Crippen LogP contribution >= 0.6 is 0 Å². The summed E-state index contributed by atoms with van der Waals surface area (Å²) < 4.78 is 11.2. The Labute approximate surface area is 152 Å². The first-order valence-electron chi connectivity index (χ1n) is 9.52. The van der Waals surface area contributed by atoms with Gasteiger partial charge in [-0.05, 0) is 27.8 Å². The molecule has 0 N–H and O–H groups in total. The lowest BCUT2D eigenvalue weighted by atomic mass is 10.2. The largest absolute Gasteiger partial charge is 0.444 e. The summed E-state index contributed by atoms with van der Waals surface area (Å²) in [7, 11) is 2.18. The third kappa shape index (κ3) is 7.90. The molecule has 0 spiro atoms. The van der Waals surface area contributed by atoms with Gasteiger partial charge in [0.1, 0.15) is 5.60 Å². The van der Waals surface area contributed by atoms with Gasteiger partial charge in [-0.1, -0.05) is 0 Å². The SMILES string of the molecule is CN1CCN(CCOCCN2CCN(C(=O)OC(C)(C)C)CC2)CC1. The number of carbonyl (C=O) groups excluding carboxylic acids is 1. The Kier molecular flexibility index (Phi) is 7.93. The average molecular weight is 357 g/mol. The van der Waals surface area contributed by atoms with Crippen LogP contribution in [-0.4, -0.2) is 117 Å². The van der Waals surface area contributed by atoms with Crippen molar-refractivity contribution < 1.29 is 14.3 Å². The number of likely N-dealkylation sites (N-methyl/N-ethyl adjacent to an activating group) is 1. The van der Waals surface area contributed by atoms with E-state index in [1.807, 2.05) is 20.8 Å². The molecule has 2 fully saturated rings. The number of ether oxygens (including phenoxy) is 2. The predicted octanol–water partition coefficient (Wildman–Crippen LogP) is 0.803. The van der Waals surface area contributed by atoms with E-state index in [1.165, 1.54) is 0 Å². The fourth-order valence-electron chi connectivity index (χ4n) is 3.04. The van der Waals surface area contributed by atoms with Crippen molar-refractivity contribution in [2.24, 2.45) is 0 Å². The molecule has 2 aliphatic rings. The molecule has 7 heteroatoms. The fraction of sp³-hybridized carbons (Fsp3) is 0.944. The summed E-state index contributed by atoms with van der Waals surface area (Å²) in [5.74, 6) is 0. The fourth-order valence-corrected chi connectivity index (χ4v) is 3.04. The Balaban J connectivity index is 1.50. The van der Waals surface area contributed by atoms with Crippen LogP contribution in [0.2, 0.25) is 0 Å². The first-order valence-corrected chi connectivity index (χ1v) is 9.52. The van der Waals surface area contributed by atoms with Crippen molar-refractivity contribution in [3.8, 4) is 0 Å². The van der Waals surface area contributed by atoms with Crippen LogP contribution in [0.3, 0.4) is 0 Å². The van der Waals surface area contributed by atoms with E-state index >= 15 is 0 Å². The van der Waals surface area contributed by atoms with Crippen molar-refractivity contribution >= 4 is 6.09 Å². The molecule has 2 rings (SSSR count). The summed E-state index contributed by atoms with van der Waals surface area (Å²) in [4.78, 5) is 21.0. The van der Waals surface area contributed by atoms with Crippen molar-refractivity contribution in [1.29, 1.82) is 0 Å². The average Bonchev–Trinajstić information content (AvgIpc) is 2.55. The highest BCUT2D eigenvalue weighted by atomic mass is 16.6. The molecular weight excluding hydrogens is 320 g/mol. The molecule has 0 bridgehead atoms. The van der Waals surface area contributed by atoms with E-state index in [4.69, 9.17) is 9.47 Å². The van der Waals surface area contributed by atoms with Crippen LogP contribution < -0.4 is 0 Å². The molecule has 2 aliphatic heterocycles. The first-order chi connectivity index (χ1) is 11.8. The van der Waals surface area contributed by atoms with Gasteiger partial charge in [-0.3, -0.25) is 9.80 Å². The number of piperazine rings is 2. The van der Waals surface area contributed by atoms with E-state index in [0.29, 0.717) is 0 Å².